The molecule has 2 unspecified atom stereocenters. The van der Waals surface area contributed by atoms with E-state index in [1.165, 1.54) is 6.33 Å². The minimum atomic E-state index is -1.10. The van der Waals surface area contributed by atoms with Gasteiger partial charge in [-0.3, -0.25) is 9.59 Å². The number of fused-ring (bicyclic) bond motifs is 1. The number of hydrogen-bond donors (Lipinski definition) is 3. The number of carbonyl (C=O) groups is 2. The lowest BCUT2D eigenvalue weighted by Gasteiger charge is -2.34. The highest BCUT2D eigenvalue weighted by molar-refractivity contribution is 7.88. The number of carbonyl (C=O) groups excluding carboxylic acids is 2. The Labute approximate surface area is 223 Å². The van der Waals surface area contributed by atoms with Crippen LogP contribution in [0.25, 0.3) is 0 Å². The maximum absolute atomic E-state index is 12.9. The third kappa shape index (κ3) is 5.93. The van der Waals surface area contributed by atoms with Gasteiger partial charge < -0.3 is 25.4 Å². The van der Waals surface area contributed by atoms with E-state index in [0.29, 0.717) is 43.4 Å². The van der Waals surface area contributed by atoms with Crippen LogP contribution in [0.3, 0.4) is 0 Å². The van der Waals surface area contributed by atoms with E-state index in [1.54, 1.807) is 12.3 Å². The first-order chi connectivity index (χ1) is 18.5. The number of para-hydroxylation sites is 1. The molecule has 2 aliphatic heterocycles. The van der Waals surface area contributed by atoms with E-state index in [1.807, 2.05) is 58.9 Å². The molecule has 12 heteroatoms. The number of nitrogens with zero attached hydrogens (tertiary/aromatic N) is 5. The van der Waals surface area contributed by atoms with Crippen LogP contribution < -0.4 is 20.9 Å². The van der Waals surface area contributed by atoms with Gasteiger partial charge in [0, 0.05) is 41.6 Å². The molecule has 0 spiro atoms. The molecule has 2 atom stereocenters. The molecule has 1 fully saturated rings. The number of piperazine rings is 1. The maximum atomic E-state index is 12.9. The first kappa shape index (κ1) is 25.6. The molecule has 3 heterocycles. The summed E-state index contributed by atoms with van der Waals surface area (Å²) >= 11 is -0.988. The Morgan fingerprint density at radius 2 is 1.82 bits per heavy atom. The summed E-state index contributed by atoms with van der Waals surface area (Å²) in [7, 11) is 0. The lowest BCUT2D eigenvalue weighted by molar-refractivity contribution is -0.125. The van der Waals surface area contributed by atoms with Crippen LogP contribution in [-0.4, -0.2) is 81.5 Å². The van der Waals surface area contributed by atoms with Gasteiger partial charge in [0.05, 0.1) is 31.0 Å². The summed E-state index contributed by atoms with van der Waals surface area (Å²) in [6.07, 6.45) is 2.01. The van der Waals surface area contributed by atoms with E-state index in [-0.39, 0.29) is 6.54 Å². The Morgan fingerprint density at radius 3 is 2.58 bits per heavy atom. The molecule has 3 aromatic rings. The van der Waals surface area contributed by atoms with Gasteiger partial charge in [-0.05, 0) is 6.07 Å². The number of rotatable bonds is 7. The molecule has 2 aliphatic rings. The monoisotopic (exact) mass is 532 g/mol. The molecule has 1 aromatic heterocycles. The van der Waals surface area contributed by atoms with Crippen LogP contribution in [0.1, 0.15) is 11.1 Å². The number of hydrogen-bond acceptors (Lipinski definition) is 9. The topological polar surface area (TPSA) is 138 Å². The van der Waals surface area contributed by atoms with Crippen molar-refractivity contribution >= 4 is 46.2 Å². The lowest BCUT2D eigenvalue weighted by atomic mass is 10.0. The summed E-state index contributed by atoms with van der Waals surface area (Å²) < 4.78 is 13.6. The van der Waals surface area contributed by atoms with Gasteiger partial charge in [-0.25, -0.2) is 15.0 Å². The highest BCUT2D eigenvalue weighted by atomic mass is 32.2. The van der Waals surface area contributed by atoms with Gasteiger partial charge in [0.2, 0.25) is 12.1 Å². The fourth-order valence-corrected chi connectivity index (χ4v) is 5.02. The van der Waals surface area contributed by atoms with Crippen molar-refractivity contribution in [3.8, 4) is 0 Å². The van der Waals surface area contributed by atoms with Gasteiger partial charge in [-0.15, -0.1) is 4.31 Å². The number of aromatic nitrogens is 2. The molecule has 38 heavy (non-hydrogen) atoms. The van der Waals surface area contributed by atoms with E-state index in [0.717, 1.165) is 16.9 Å². The molecule has 2 aromatic carbocycles. The van der Waals surface area contributed by atoms with Crippen LogP contribution in [0.2, 0.25) is 0 Å². The van der Waals surface area contributed by atoms with Crippen LogP contribution in [0, 0.1) is 0 Å². The van der Waals surface area contributed by atoms with Crippen molar-refractivity contribution in [3.63, 3.8) is 0 Å². The van der Waals surface area contributed by atoms with Gasteiger partial charge in [0.25, 0.3) is 5.91 Å². The van der Waals surface area contributed by atoms with Crippen LogP contribution >= 0.6 is 0 Å². The average molecular weight is 533 g/mol. The predicted molar refractivity (Wildman–Crippen MR) is 147 cm³/mol. The minimum Gasteiger partial charge on any atom is -0.598 e. The Bertz CT molecular complexity index is 1330. The second-order valence-corrected chi connectivity index (χ2v) is 10.2. The quantitative estimate of drug-likeness (QED) is 0.387. The average Bonchev–Trinajstić information content (AvgIpc) is 3.08. The summed E-state index contributed by atoms with van der Waals surface area (Å²) in [6.45, 7) is 2.63. The van der Waals surface area contributed by atoms with Gasteiger partial charge in [0.15, 0.2) is 0 Å². The van der Waals surface area contributed by atoms with Crippen molar-refractivity contribution in [3.05, 3.63) is 78.1 Å². The number of aliphatic imine (C=N–C) groups is 1. The molecule has 0 saturated carbocycles. The van der Waals surface area contributed by atoms with E-state index in [4.69, 9.17) is 0 Å². The Balaban J connectivity index is 1.25. The zero-order valence-corrected chi connectivity index (χ0v) is 21.6. The second kappa shape index (κ2) is 11.6. The predicted octanol–water partition coefficient (Wildman–Crippen LogP) is 1.24. The molecule has 3 N–H and O–H groups in total. The Hall–Kier alpha value is -4.00. The van der Waals surface area contributed by atoms with E-state index >= 15 is 0 Å². The van der Waals surface area contributed by atoms with Crippen molar-refractivity contribution < 1.29 is 14.1 Å². The van der Waals surface area contributed by atoms with Gasteiger partial charge in [-0.2, -0.15) is 0 Å². The van der Waals surface area contributed by atoms with Crippen molar-refractivity contribution in [2.45, 2.75) is 6.17 Å². The first-order valence-corrected chi connectivity index (χ1v) is 13.7. The van der Waals surface area contributed by atoms with Crippen LogP contribution in [0.15, 0.2) is 72.0 Å². The van der Waals surface area contributed by atoms with Gasteiger partial charge in [0.1, 0.15) is 24.2 Å². The highest BCUT2D eigenvalue weighted by Gasteiger charge is 2.27. The number of anilines is 3. The Kier molecular flexibility index (Phi) is 7.82. The summed E-state index contributed by atoms with van der Waals surface area (Å²) in [6, 6.07) is 18.7. The van der Waals surface area contributed by atoms with Crippen molar-refractivity contribution in [1.29, 1.82) is 0 Å². The lowest BCUT2D eigenvalue weighted by Crippen LogP contribution is -2.48. The van der Waals surface area contributed by atoms with Crippen LogP contribution in [0.5, 0.6) is 0 Å². The zero-order valence-electron chi connectivity index (χ0n) is 20.8. The highest BCUT2D eigenvalue weighted by Crippen LogP contribution is 2.23. The molecule has 0 bridgehead atoms. The summed E-state index contributed by atoms with van der Waals surface area (Å²) in [4.78, 5) is 41.1. The van der Waals surface area contributed by atoms with Crippen LogP contribution in [0.4, 0.5) is 17.3 Å². The number of amides is 2. The molecule has 0 aliphatic carbocycles. The molecule has 11 nitrogen and oxygen atoms in total. The van der Waals surface area contributed by atoms with Crippen molar-refractivity contribution in [1.82, 2.24) is 19.6 Å². The van der Waals surface area contributed by atoms with Crippen molar-refractivity contribution in [2.24, 2.45) is 4.99 Å². The molecule has 0 radical (unpaired) electrons. The summed E-state index contributed by atoms with van der Waals surface area (Å²) in [5, 5.41) is 8.59. The molecule has 1 saturated heterocycles. The van der Waals surface area contributed by atoms with E-state index < -0.39 is 29.3 Å². The molecule has 196 valence electrons. The smallest absolute Gasteiger partial charge is 0.269 e. The third-order valence-electron chi connectivity index (χ3n) is 6.30. The van der Waals surface area contributed by atoms with Crippen molar-refractivity contribution in [2.75, 3.05) is 54.5 Å². The molecule has 5 rings (SSSR count). The fourth-order valence-electron chi connectivity index (χ4n) is 4.35. The van der Waals surface area contributed by atoms with E-state index in [2.05, 4.69) is 35.8 Å². The second-order valence-electron chi connectivity index (χ2n) is 8.80. The molecular weight excluding hydrogens is 504 g/mol. The number of benzodiazepines with no additional fused rings is 1. The summed E-state index contributed by atoms with van der Waals surface area (Å²) in [5.41, 5.74) is 2.87. The zero-order chi connectivity index (χ0) is 26.5. The standard InChI is InChI=1S/C26H28N8O3S/c1-38(37)34-13-11-33(12-14-34)22-15-21(28-17-29-22)27-16-23(35)31-25-26(36)30-20-10-6-5-9-19(20)24(32-25)18-7-3-2-4-8-18/h2-10,15,17,25H,11-14,16H2,1H3,(H,30,36)(H,31,35)(H,27,28,29). The normalized spacial score (nSPS) is 18.5. The van der Waals surface area contributed by atoms with Gasteiger partial charge in [-0.1, -0.05) is 48.5 Å². The fraction of sp³-hybridized carbons (Fsp3) is 0.269. The first-order valence-electron chi connectivity index (χ1n) is 12.2. The number of benzene rings is 2. The van der Waals surface area contributed by atoms with E-state index in [9.17, 15) is 14.1 Å². The summed E-state index contributed by atoms with van der Waals surface area (Å²) in [5.74, 6) is 0.375. The van der Waals surface area contributed by atoms with Crippen LogP contribution in [-0.2, 0) is 21.0 Å². The SMILES string of the molecule is C[S+]([O-])N1CCN(c2cc(NCC(=O)NC3N=C(c4ccccc4)c4ccccc4NC3=O)ncn2)CC1. The maximum Gasteiger partial charge on any atom is 0.269 e. The number of nitrogens with one attached hydrogen (secondary N) is 3. The molecular formula is C26H28N8O3S. The van der Waals surface area contributed by atoms with Gasteiger partial charge >= 0.3 is 0 Å². The minimum absolute atomic E-state index is 0.105. The third-order valence-corrected chi connectivity index (χ3v) is 7.39. The molecule has 2 amide bonds. The Morgan fingerprint density at radius 1 is 1.08 bits per heavy atom. The largest absolute Gasteiger partial charge is 0.598 e.